The van der Waals surface area contributed by atoms with Crippen molar-refractivity contribution in [3.05, 3.63) is 58.1 Å². The van der Waals surface area contributed by atoms with Crippen LogP contribution < -0.4 is 16.5 Å². The third-order valence-corrected chi connectivity index (χ3v) is 4.15. The van der Waals surface area contributed by atoms with Crippen molar-refractivity contribution in [3.8, 4) is 0 Å². The van der Waals surface area contributed by atoms with Crippen molar-refractivity contribution < 1.29 is 14.8 Å². The number of benzene rings is 2. The van der Waals surface area contributed by atoms with Crippen LogP contribution in [0, 0.1) is 0 Å². The normalized spacial score (nSPS) is 11.6. The van der Waals surface area contributed by atoms with E-state index >= 15 is 0 Å². The van der Waals surface area contributed by atoms with Gasteiger partial charge in [-0.15, -0.1) is 0 Å². The van der Waals surface area contributed by atoms with Crippen LogP contribution in [0.1, 0.15) is 24.3 Å². The van der Waals surface area contributed by atoms with Gasteiger partial charge in [0, 0.05) is 40.2 Å². The van der Waals surface area contributed by atoms with E-state index in [0.29, 0.717) is 27.0 Å². The molecule has 8 heteroatoms. The fraction of sp³-hybridized carbons (Fsp3) is 0.176. The number of nitrogens with two attached hydrogens (primary N) is 1. The number of rotatable bonds is 6. The molecule has 0 aliphatic carbocycles. The first-order valence-corrected chi connectivity index (χ1v) is 8.18. The van der Waals surface area contributed by atoms with Gasteiger partial charge in [0.05, 0.1) is 0 Å². The van der Waals surface area contributed by atoms with Gasteiger partial charge in [-0.05, 0) is 42.0 Å². The molecule has 0 spiro atoms. The van der Waals surface area contributed by atoms with E-state index in [9.17, 15) is 9.59 Å². The highest BCUT2D eigenvalue weighted by Crippen LogP contribution is 2.32. The van der Waals surface area contributed by atoms with Crippen LogP contribution in [0.25, 0.3) is 0 Å². The lowest BCUT2D eigenvalue weighted by molar-refractivity contribution is -0.129. The van der Waals surface area contributed by atoms with Crippen molar-refractivity contribution in [2.45, 2.75) is 18.8 Å². The second-order valence-corrected chi connectivity index (χ2v) is 6.32. The fourth-order valence-corrected chi connectivity index (χ4v) is 2.96. The quantitative estimate of drug-likeness (QED) is 0.348. The summed E-state index contributed by atoms with van der Waals surface area (Å²) in [5.41, 5.74) is 8.95. The number of hydroxylamine groups is 1. The Balaban J connectivity index is 2.16. The summed E-state index contributed by atoms with van der Waals surface area (Å²) in [5.74, 6) is -1.44. The summed E-state index contributed by atoms with van der Waals surface area (Å²) in [7, 11) is 0. The van der Waals surface area contributed by atoms with E-state index in [1.54, 1.807) is 47.9 Å². The SMILES string of the molecule is Nc1ccc(NC(=O)CC(CC(=O)NO)c2ccc(Cl)cc2Cl)cc1. The van der Waals surface area contributed by atoms with Crippen LogP contribution >= 0.6 is 23.2 Å². The molecule has 25 heavy (non-hydrogen) atoms. The minimum absolute atomic E-state index is 0.000844. The van der Waals surface area contributed by atoms with Gasteiger partial charge >= 0.3 is 0 Å². The Hall–Kier alpha value is -2.28. The molecule has 0 bridgehead atoms. The monoisotopic (exact) mass is 381 g/mol. The average Bonchev–Trinajstić information content (AvgIpc) is 2.56. The lowest BCUT2D eigenvalue weighted by atomic mass is 9.91. The Morgan fingerprint density at radius 3 is 2.28 bits per heavy atom. The molecule has 2 amide bonds. The summed E-state index contributed by atoms with van der Waals surface area (Å²) in [6, 6.07) is 11.5. The summed E-state index contributed by atoms with van der Waals surface area (Å²) in [4.78, 5) is 23.9. The van der Waals surface area contributed by atoms with Crippen molar-refractivity contribution in [1.29, 1.82) is 0 Å². The lowest BCUT2D eigenvalue weighted by Crippen LogP contribution is -2.24. The topological polar surface area (TPSA) is 104 Å². The van der Waals surface area contributed by atoms with Gasteiger partial charge in [-0.1, -0.05) is 29.3 Å². The molecule has 0 aliphatic rings. The van der Waals surface area contributed by atoms with Crippen LogP contribution in [-0.2, 0) is 9.59 Å². The maximum Gasteiger partial charge on any atom is 0.243 e. The van der Waals surface area contributed by atoms with Crippen LogP contribution in [0.5, 0.6) is 0 Å². The van der Waals surface area contributed by atoms with Gasteiger partial charge in [-0.3, -0.25) is 14.8 Å². The summed E-state index contributed by atoms with van der Waals surface area (Å²) < 4.78 is 0. The number of amides is 2. The zero-order valence-electron chi connectivity index (χ0n) is 13.1. The number of carbonyl (C=O) groups is 2. The van der Waals surface area contributed by atoms with Gasteiger partial charge < -0.3 is 11.1 Å². The number of hydrogen-bond donors (Lipinski definition) is 4. The maximum atomic E-state index is 12.3. The molecule has 0 fully saturated rings. The Bertz CT molecular complexity index is 766. The molecule has 2 aromatic carbocycles. The van der Waals surface area contributed by atoms with E-state index < -0.39 is 11.8 Å². The molecule has 0 aliphatic heterocycles. The standard InChI is InChI=1S/C17H17Cl2N3O3/c18-11-1-6-14(15(19)9-11)10(8-17(24)22-25)7-16(23)21-13-4-2-12(20)3-5-13/h1-6,9-10,25H,7-8,20H2,(H,21,23)(H,22,24). The Labute approximate surface area is 154 Å². The van der Waals surface area contributed by atoms with E-state index in [2.05, 4.69) is 5.32 Å². The van der Waals surface area contributed by atoms with Gasteiger partial charge in [0.25, 0.3) is 0 Å². The highest BCUT2D eigenvalue weighted by molar-refractivity contribution is 6.35. The molecule has 5 N–H and O–H groups in total. The van der Waals surface area contributed by atoms with E-state index in [1.165, 1.54) is 0 Å². The molecule has 6 nitrogen and oxygen atoms in total. The van der Waals surface area contributed by atoms with Crippen molar-refractivity contribution in [2.75, 3.05) is 11.1 Å². The first kappa shape index (κ1) is 19.1. The van der Waals surface area contributed by atoms with Crippen molar-refractivity contribution in [1.82, 2.24) is 5.48 Å². The minimum atomic E-state index is -0.615. The van der Waals surface area contributed by atoms with Crippen LogP contribution in [-0.4, -0.2) is 17.0 Å². The first-order chi connectivity index (χ1) is 11.9. The molecule has 0 heterocycles. The van der Waals surface area contributed by atoms with Crippen LogP contribution in [0.2, 0.25) is 10.0 Å². The number of nitrogens with one attached hydrogen (secondary N) is 2. The van der Waals surface area contributed by atoms with Gasteiger partial charge in [0.1, 0.15) is 0 Å². The van der Waals surface area contributed by atoms with Crippen LogP contribution in [0.15, 0.2) is 42.5 Å². The molecule has 1 unspecified atom stereocenters. The van der Waals surface area contributed by atoms with E-state index in [0.717, 1.165) is 0 Å². The summed E-state index contributed by atoms with van der Waals surface area (Å²) in [6.07, 6.45) is -0.105. The summed E-state index contributed by atoms with van der Waals surface area (Å²) >= 11 is 12.1. The third kappa shape index (κ3) is 5.63. The maximum absolute atomic E-state index is 12.3. The highest BCUT2D eigenvalue weighted by Gasteiger charge is 2.22. The first-order valence-electron chi connectivity index (χ1n) is 7.42. The zero-order valence-corrected chi connectivity index (χ0v) is 14.6. The largest absolute Gasteiger partial charge is 0.399 e. The van der Waals surface area contributed by atoms with E-state index in [1.807, 2.05) is 0 Å². The molecule has 0 aromatic heterocycles. The predicted molar refractivity (Wildman–Crippen MR) is 97.9 cm³/mol. The molecule has 0 radical (unpaired) electrons. The molecule has 1 atom stereocenters. The number of nitrogen functional groups attached to an aromatic ring is 1. The lowest BCUT2D eigenvalue weighted by Gasteiger charge is -2.18. The van der Waals surface area contributed by atoms with Crippen molar-refractivity contribution in [3.63, 3.8) is 0 Å². The number of halogens is 2. The average molecular weight is 382 g/mol. The molecule has 0 saturated heterocycles. The molecule has 2 aromatic rings. The molecular formula is C17H17Cl2N3O3. The Morgan fingerprint density at radius 2 is 1.68 bits per heavy atom. The smallest absolute Gasteiger partial charge is 0.243 e. The molecular weight excluding hydrogens is 365 g/mol. The number of anilines is 2. The molecule has 0 saturated carbocycles. The number of hydrogen-bond acceptors (Lipinski definition) is 4. The number of carbonyl (C=O) groups excluding carboxylic acids is 2. The van der Waals surface area contributed by atoms with Gasteiger partial charge in [-0.2, -0.15) is 0 Å². The highest BCUT2D eigenvalue weighted by atomic mass is 35.5. The summed E-state index contributed by atoms with van der Waals surface area (Å²) in [6.45, 7) is 0. The van der Waals surface area contributed by atoms with Gasteiger partial charge in [-0.25, -0.2) is 5.48 Å². The fourth-order valence-electron chi connectivity index (χ4n) is 2.40. The van der Waals surface area contributed by atoms with Crippen LogP contribution in [0.3, 0.4) is 0 Å². The Morgan fingerprint density at radius 1 is 1.04 bits per heavy atom. The second kappa shape index (κ2) is 8.71. The van der Waals surface area contributed by atoms with Crippen LogP contribution in [0.4, 0.5) is 11.4 Å². The third-order valence-electron chi connectivity index (χ3n) is 3.59. The van der Waals surface area contributed by atoms with E-state index in [4.69, 9.17) is 34.1 Å². The zero-order chi connectivity index (χ0) is 18.4. The molecule has 132 valence electrons. The van der Waals surface area contributed by atoms with Crippen molar-refractivity contribution >= 4 is 46.4 Å². The van der Waals surface area contributed by atoms with Gasteiger partial charge in [0.15, 0.2) is 0 Å². The van der Waals surface area contributed by atoms with Gasteiger partial charge in [0.2, 0.25) is 11.8 Å². The Kier molecular flexibility index (Phi) is 6.64. The molecule has 2 rings (SSSR count). The van der Waals surface area contributed by atoms with E-state index in [-0.39, 0.29) is 18.7 Å². The second-order valence-electron chi connectivity index (χ2n) is 5.48. The van der Waals surface area contributed by atoms with Crippen molar-refractivity contribution in [2.24, 2.45) is 0 Å². The predicted octanol–water partition coefficient (Wildman–Crippen LogP) is 3.58. The minimum Gasteiger partial charge on any atom is -0.399 e. The summed E-state index contributed by atoms with van der Waals surface area (Å²) in [5, 5.41) is 12.3.